The van der Waals surface area contributed by atoms with E-state index >= 15 is 0 Å². The molecule has 11 heteroatoms. The maximum atomic E-state index is 12.3. The number of carbonyl (C=O) groups is 1. The second-order valence-electron chi connectivity index (χ2n) is 5.75. The Morgan fingerprint density at radius 2 is 2.04 bits per heavy atom. The highest BCUT2D eigenvalue weighted by Crippen LogP contribution is 2.18. The molecular formula is C12H19N5O4S2. The first-order valence-electron chi connectivity index (χ1n) is 7.31. The van der Waals surface area contributed by atoms with Gasteiger partial charge in [-0.1, -0.05) is 0 Å². The van der Waals surface area contributed by atoms with Crippen molar-refractivity contribution in [1.29, 1.82) is 0 Å². The van der Waals surface area contributed by atoms with Crippen molar-refractivity contribution < 1.29 is 17.4 Å². The standard InChI is InChI=1S/C12H19N5O4S2/c1-22(19,20)15-23(21)7-5-16(6-8-23)12(18)13-11-9-10-3-2-4-17(10)14-11/h9H,2-8H2,1H3,(H,13,14,18). The molecule has 3 heterocycles. The highest BCUT2D eigenvalue weighted by Gasteiger charge is 2.26. The van der Waals surface area contributed by atoms with Gasteiger partial charge in [-0.25, -0.2) is 17.4 Å². The largest absolute Gasteiger partial charge is 0.323 e. The van der Waals surface area contributed by atoms with Gasteiger partial charge in [0.25, 0.3) is 10.0 Å². The number of aromatic nitrogens is 2. The van der Waals surface area contributed by atoms with Crippen molar-refractivity contribution in [3.8, 4) is 0 Å². The fourth-order valence-corrected chi connectivity index (χ4v) is 6.54. The molecule has 0 radical (unpaired) electrons. The number of rotatable bonds is 2. The van der Waals surface area contributed by atoms with Crippen LogP contribution in [-0.4, -0.2) is 64.2 Å². The Morgan fingerprint density at radius 3 is 2.65 bits per heavy atom. The molecule has 2 aliphatic rings. The minimum atomic E-state index is -3.65. The summed E-state index contributed by atoms with van der Waals surface area (Å²) in [6.07, 6.45) is 2.96. The monoisotopic (exact) mass is 361 g/mol. The first-order chi connectivity index (χ1) is 10.7. The molecule has 0 aromatic carbocycles. The molecule has 0 saturated carbocycles. The quantitative estimate of drug-likeness (QED) is 0.803. The van der Waals surface area contributed by atoms with Crippen LogP contribution in [-0.2, 0) is 32.7 Å². The van der Waals surface area contributed by atoms with Crippen molar-refractivity contribution >= 4 is 31.6 Å². The number of amides is 2. The number of aryl methyl sites for hydroxylation is 2. The number of anilines is 1. The van der Waals surface area contributed by atoms with Crippen LogP contribution in [0.1, 0.15) is 12.1 Å². The molecule has 1 fully saturated rings. The summed E-state index contributed by atoms with van der Waals surface area (Å²) in [7, 11) is -6.44. The van der Waals surface area contributed by atoms with Crippen molar-refractivity contribution in [3.63, 3.8) is 0 Å². The van der Waals surface area contributed by atoms with E-state index in [1.807, 2.05) is 10.7 Å². The van der Waals surface area contributed by atoms with E-state index < -0.39 is 19.8 Å². The maximum Gasteiger partial charge on any atom is 0.323 e. The van der Waals surface area contributed by atoms with Gasteiger partial charge < -0.3 is 4.90 Å². The summed E-state index contributed by atoms with van der Waals surface area (Å²) in [6, 6.07) is 1.54. The molecule has 128 valence electrons. The predicted molar refractivity (Wildman–Crippen MR) is 86.3 cm³/mol. The summed E-state index contributed by atoms with van der Waals surface area (Å²) in [5.41, 5.74) is 1.11. The Bertz CT molecular complexity index is 815. The SMILES string of the molecule is CS(=O)(=O)N=S1(=O)CCN(C(=O)Nc2cc3n(n2)CCC3)CC1. The van der Waals surface area contributed by atoms with Crippen molar-refractivity contribution in [1.82, 2.24) is 14.7 Å². The van der Waals surface area contributed by atoms with Crippen LogP contribution in [0.15, 0.2) is 9.83 Å². The van der Waals surface area contributed by atoms with E-state index in [9.17, 15) is 17.4 Å². The molecule has 3 rings (SSSR count). The van der Waals surface area contributed by atoms with Crippen LogP contribution in [0.5, 0.6) is 0 Å². The van der Waals surface area contributed by atoms with Gasteiger partial charge in [-0.15, -0.1) is 3.77 Å². The molecule has 23 heavy (non-hydrogen) atoms. The number of nitrogens with one attached hydrogen (secondary N) is 1. The molecular weight excluding hydrogens is 342 g/mol. The normalized spacial score (nSPS) is 20.1. The summed E-state index contributed by atoms with van der Waals surface area (Å²) in [5, 5.41) is 7.04. The topological polar surface area (TPSA) is 114 Å². The number of sulfonamides is 1. The van der Waals surface area contributed by atoms with Gasteiger partial charge in [0, 0.05) is 31.4 Å². The summed E-state index contributed by atoms with van der Waals surface area (Å²) in [5.74, 6) is 0.636. The lowest BCUT2D eigenvalue weighted by Gasteiger charge is -2.28. The lowest BCUT2D eigenvalue weighted by molar-refractivity contribution is 0.216. The Balaban J connectivity index is 1.62. The summed E-state index contributed by atoms with van der Waals surface area (Å²) in [6.45, 7) is 1.28. The first kappa shape index (κ1) is 16.2. The summed E-state index contributed by atoms with van der Waals surface area (Å²) >= 11 is 0. The number of fused-ring (bicyclic) bond motifs is 1. The van der Waals surface area contributed by atoms with Crippen molar-refractivity contribution in [2.24, 2.45) is 3.77 Å². The Morgan fingerprint density at radius 1 is 1.35 bits per heavy atom. The van der Waals surface area contributed by atoms with Gasteiger partial charge in [0.2, 0.25) is 0 Å². The zero-order valence-electron chi connectivity index (χ0n) is 12.8. The van der Waals surface area contributed by atoms with Gasteiger partial charge in [-0.3, -0.25) is 10.00 Å². The minimum Gasteiger partial charge on any atom is -0.323 e. The van der Waals surface area contributed by atoms with Gasteiger partial charge in [0.1, 0.15) is 0 Å². The number of hydrogen-bond acceptors (Lipinski definition) is 5. The van der Waals surface area contributed by atoms with Gasteiger partial charge >= 0.3 is 6.03 Å². The average Bonchev–Trinajstić information content (AvgIpc) is 2.97. The maximum absolute atomic E-state index is 12.3. The zero-order valence-corrected chi connectivity index (χ0v) is 14.4. The molecule has 9 nitrogen and oxygen atoms in total. The molecule has 0 unspecified atom stereocenters. The van der Waals surface area contributed by atoms with Crippen molar-refractivity contribution in [3.05, 3.63) is 11.8 Å². The number of hydrogen-bond donors (Lipinski definition) is 1. The van der Waals surface area contributed by atoms with Crippen LogP contribution in [0.2, 0.25) is 0 Å². The molecule has 1 saturated heterocycles. The van der Waals surface area contributed by atoms with E-state index in [0.29, 0.717) is 5.82 Å². The van der Waals surface area contributed by atoms with Gasteiger partial charge in [-0.2, -0.15) is 5.10 Å². The van der Waals surface area contributed by atoms with E-state index in [2.05, 4.69) is 14.2 Å². The molecule has 0 atom stereocenters. The van der Waals surface area contributed by atoms with Crippen LogP contribution in [0.25, 0.3) is 0 Å². The van der Waals surface area contributed by atoms with Crippen LogP contribution >= 0.6 is 0 Å². The third-order valence-corrected chi connectivity index (χ3v) is 7.63. The second kappa shape index (κ2) is 5.78. The third-order valence-electron chi connectivity index (χ3n) is 3.82. The van der Waals surface area contributed by atoms with Gasteiger partial charge in [0.05, 0.1) is 27.5 Å². The van der Waals surface area contributed by atoms with E-state index in [-0.39, 0.29) is 30.6 Å². The highest BCUT2D eigenvalue weighted by molar-refractivity contribution is 8.03. The zero-order chi connectivity index (χ0) is 16.7. The highest BCUT2D eigenvalue weighted by atomic mass is 32.3. The summed E-state index contributed by atoms with van der Waals surface area (Å²) in [4.78, 5) is 13.7. The molecule has 0 spiro atoms. The molecule has 1 N–H and O–H groups in total. The van der Waals surface area contributed by atoms with Crippen LogP contribution in [0, 0.1) is 0 Å². The second-order valence-corrected chi connectivity index (χ2v) is 10.2. The lowest BCUT2D eigenvalue weighted by atomic mass is 10.3. The van der Waals surface area contributed by atoms with E-state index in [1.54, 1.807) is 0 Å². The molecule has 0 aliphatic carbocycles. The summed E-state index contributed by atoms with van der Waals surface area (Å²) < 4.78 is 40.0. The van der Waals surface area contributed by atoms with Gasteiger partial charge in [0.15, 0.2) is 5.82 Å². The fraction of sp³-hybridized carbons (Fsp3) is 0.667. The Hall–Kier alpha value is -1.62. The number of urea groups is 1. The van der Waals surface area contributed by atoms with E-state index in [0.717, 1.165) is 31.3 Å². The number of carbonyl (C=O) groups excluding carboxylic acids is 1. The predicted octanol–water partition coefficient (Wildman–Crippen LogP) is 0.104. The lowest BCUT2D eigenvalue weighted by Crippen LogP contribution is -2.45. The molecule has 1 aromatic rings. The Labute approximate surface area is 135 Å². The van der Waals surface area contributed by atoms with Crippen LogP contribution < -0.4 is 5.32 Å². The first-order valence-corrected chi connectivity index (χ1v) is 11.0. The van der Waals surface area contributed by atoms with Crippen molar-refractivity contribution in [2.75, 3.05) is 36.2 Å². The fourth-order valence-electron chi connectivity index (χ4n) is 2.75. The van der Waals surface area contributed by atoms with Gasteiger partial charge in [-0.05, 0) is 12.8 Å². The molecule has 1 aromatic heterocycles. The molecule has 0 bridgehead atoms. The minimum absolute atomic E-state index is 0.0627. The number of nitrogens with zero attached hydrogens (tertiary/aromatic N) is 4. The molecule has 2 amide bonds. The average molecular weight is 361 g/mol. The van der Waals surface area contributed by atoms with Crippen LogP contribution in [0.4, 0.5) is 10.6 Å². The third kappa shape index (κ3) is 3.83. The van der Waals surface area contributed by atoms with E-state index in [1.165, 1.54) is 4.90 Å². The van der Waals surface area contributed by atoms with Crippen molar-refractivity contribution in [2.45, 2.75) is 19.4 Å². The molecule has 2 aliphatic heterocycles. The smallest absolute Gasteiger partial charge is 0.323 e. The Kier molecular flexibility index (Phi) is 4.08. The van der Waals surface area contributed by atoms with E-state index in [4.69, 9.17) is 0 Å². The van der Waals surface area contributed by atoms with Crippen LogP contribution in [0.3, 0.4) is 0 Å².